The first kappa shape index (κ1) is 23.6. The Hall–Kier alpha value is -3.54. The van der Waals surface area contributed by atoms with E-state index in [1.54, 1.807) is 0 Å². The van der Waals surface area contributed by atoms with Crippen LogP contribution in [0.25, 0.3) is 0 Å². The summed E-state index contributed by atoms with van der Waals surface area (Å²) in [6.45, 7) is 17.1. The van der Waals surface area contributed by atoms with Crippen molar-refractivity contribution in [2.24, 2.45) is 10.8 Å². The van der Waals surface area contributed by atoms with E-state index in [0.29, 0.717) is 12.8 Å². The molecular weight excluding hydrogens is 472 g/mol. The SMILES string of the molecule is C=CC(C)(C)C12C[C@H]3C(=O)N4[C@@H](C[C@@]5(C(C)(C)C=C)c6ccccc6N[C@@H]45)C(=O)N3[C@@H]1Nc1ccccc12. The number of rotatable bonds is 4. The Morgan fingerprint density at radius 3 is 1.47 bits per heavy atom. The van der Waals surface area contributed by atoms with Crippen molar-refractivity contribution in [3.8, 4) is 0 Å². The van der Waals surface area contributed by atoms with E-state index in [1.807, 2.05) is 46.2 Å². The number of fused-ring (bicyclic) bond motifs is 10. The summed E-state index contributed by atoms with van der Waals surface area (Å²) >= 11 is 0. The molecule has 2 aromatic rings. The van der Waals surface area contributed by atoms with E-state index < -0.39 is 22.9 Å². The highest BCUT2D eigenvalue weighted by Gasteiger charge is 2.73. The minimum atomic E-state index is -0.531. The Morgan fingerprint density at radius 1 is 0.737 bits per heavy atom. The number of amides is 2. The number of para-hydroxylation sites is 2. The standard InChI is InChI=1S/C32H36N4O2/c1-7-29(3,4)31-17-23-25(37)36-24(26(38)35(23)27(31)33-21-15-11-9-13-19(21)31)18-32(30(5,6)8-2)20-14-10-12-16-22(20)34-28(32)36/h7-16,23-24,27-28,33-34H,1-2,17-18H2,3-6H3/t23-,24-,27-,28-,31+,32?/m0/s1. The summed E-state index contributed by atoms with van der Waals surface area (Å²) in [5, 5.41) is 7.36. The van der Waals surface area contributed by atoms with Gasteiger partial charge in [-0.2, -0.15) is 0 Å². The van der Waals surface area contributed by atoms with Crippen molar-refractivity contribution < 1.29 is 9.59 Å². The number of carbonyl (C=O) groups is 2. The van der Waals surface area contributed by atoms with Gasteiger partial charge in [-0.25, -0.2) is 0 Å². The lowest BCUT2D eigenvalue weighted by molar-refractivity contribution is -0.160. The molecular formula is C32H36N4O2. The first-order valence-corrected chi connectivity index (χ1v) is 13.7. The Bertz CT molecular complexity index is 1320. The molecule has 3 fully saturated rings. The molecule has 2 N–H and O–H groups in total. The van der Waals surface area contributed by atoms with Gasteiger partial charge in [0.15, 0.2) is 0 Å². The molecule has 196 valence electrons. The molecule has 6 nitrogen and oxygen atoms in total. The number of hydrogen-bond acceptors (Lipinski definition) is 4. The number of hydrogen-bond donors (Lipinski definition) is 2. The van der Waals surface area contributed by atoms with Gasteiger partial charge in [-0.3, -0.25) is 9.59 Å². The van der Waals surface area contributed by atoms with Gasteiger partial charge in [0.05, 0.1) is 0 Å². The topological polar surface area (TPSA) is 64.7 Å². The molecule has 0 aromatic heterocycles. The second-order valence-corrected chi connectivity index (χ2v) is 12.9. The van der Waals surface area contributed by atoms with Gasteiger partial charge in [0.2, 0.25) is 11.8 Å². The van der Waals surface area contributed by atoms with Gasteiger partial charge in [-0.1, -0.05) is 76.2 Å². The minimum absolute atomic E-state index is 0.0366. The van der Waals surface area contributed by atoms with Crippen molar-refractivity contribution in [1.29, 1.82) is 0 Å². The van der Waals surface area contributed by atoms with E-state index in [-0.39, 0.29) is 35.0 Å². The summed E-state index contributed by atoms with van der Waals surface area (Å²) in [5.41, 5.74) is 2.80. The fraction of sp³-hybridized carbons (Fsp3) is 0.438. The summed E-state index contributed by atoms with van der Waals surface area (Å²) in [5.74, 6) is 0.0733. The highest BCUT2D eigenvalue weighted by molar-refractivity contribution is 6.00. The second kappa shape index (κ2) is 7.10. The molecule has 38 heavy (non-hydrogen) atoms. The van der Waals surface area contributed by atoms with Crippen LogP contribution in [0.1, 0.15) is 51.7 Å². The molecule has 6 heteroatoms. The zero-order valence-electron chi connectivity index (χ0n) is 22.6. The predicted octanol–water partition coefficient (Wildman–Crippen LogP) is 5.01. The molecule has 5 aliphatic heterocycles. The summed E-state index contributed by atoms with van der Waals surface area (Å²) in [6, 6.07) is 15.5. The van der Waals surface area contributed by atoms with Crippen LogP contribution in [-0.4, -0.2) is 46.0 Å². The molecule has 2 amide bonds. The number of benzene rings is 2. The van der Waals surface area contributed by atoms with Crippen LogP contribution in [-0.2, 0) is 20.4 Å². The van der Waals surface area contributed by atoms with E-state index in [0.717, 1.165) is 11.4 Å². The van der Waals surface area contributed by atoms with Crippen molar-refractivity contribution in [3.05, 3.63) is 85.0 Å². The third-order valence-electron chi connectivity index (χ3n) is 11.0. The molecule has 0 aliphatic carbocycles. The van der Waals surface area contributed by atoms with Crippen LogP contribution in [0, 0.1) is 10.8 Å². The highest BCUT2D eigenvalue weighted by atomic mass is 16.2. The molecule has 0 radical (unpaired) electrons. The van der Waals surface area contributed by atoms with Crippen LogP contribution in [0.4, 0.5) is 11.4 Å². The van der Waals surface area contributed by atoms with Crippen LogP contribution in [0.5, 0.6) is 0 Å². The van der Waals surface area contributed by atoms with Gasteiger partial charge < -0.3 is 20.4 Å². The third kappa shape index (κ3) is 2.37. The van der Waals surface area contributed by atoms with Crippen molar-refractivity contribution in [3.63, 3.8) is 0 Å². The average molecular weight is 509 g/mol. The number of allylic oxidation sites excluding steroid dienone is 2. The van der Waals surface area contributed by atoms with Gasteiger partial charge in [-0.15, -0.1) is 13.2 Å². The Balaban J connectivity index is 1.38. The van der Waals surface area contributed by atoms with Crippen LogP contribution in [0.2, 0.25) is 0 Å². The molecule has 5 aliphatic rings. The summed E-state index contributed by atoms with van der Waals surface area (Å²) in [7, 11) is 0. The monoisotopic (exact) mass is 508 g/mol. The molecule has 2 aromatic carbocycles. The third-order valence-corrected chi connectivity index (χ3v) is 11.0. The number of nitrogens with zero attached hydrogens (tertiary/aromatic N) is 2. The maximum Gasteiger partial charge on any atom is 0.247 e. The molecule has 0 bridgehead atoms. The lowest BCUT2D eigenvalue weighted by atomic mass is 9.60. The molecule has 0 saturated carbocycles. The summed E-state index contributed by atoms with van der Waals surface area (Å²) < 4.78 is 0. The van der Waals surface area contributed by atoms with Gasteiger partial charge in [0.25, 0.3) is 0 Å². The van der Waals surface area contributed by atoms with Crippen LogP contribution >= 0.6 is 0 Å². The maximum atomic E-state index is 14.6. The molecule has 0 spiro atoms. The highest BCUT2D eigenvalue weighted by Crippen LogP contribution is 2.64. The number of nitrogens with one attached hydrogen (secondary N) is 2. The maximum absolute atomic E-state index is 14.6. The number of carbonyl (C=O) groups excluding carboxylic acids is 2. The van der Waals surface area contributed by atoms with Crippen molar-refractivity contribution in [2.75, 3.05) is 10.6 Å². The minimum Gasteiger partial charge on any atom is -0.364 e. The quantitative estimate of drug-likeness (QED) is 0.570. The van der Waals surface area contributed by atoms with Crippen LogP contribution in [0.3, 0.4) is 0 Å². The van der Waals surface area contributed by atoms with Gasteiger partial charge in [0.1, 0.15) is 24.4 Å². The van der Waals surface area contributed by atoms with E-state index in [9.17, 15) is 9.59 Å². The second-order valence-electron chi connectivity index (χ2n) is 12.9. The van der Waals surface area contributed by atoms with Gasteiger partial charge in [-0.05, 0) is 46.9 Å². The normalized spacial score (nSPS) is 34.4. The van der Waals surface area contributed by atoms with Gasteiger partial charge in [0, 0.05) is 22.2 Å². The summed E-state index contributed by atoms with van der Waals surface area (Å²) in [6.07, 6.45) is 4.50. The molecule has 1 unspecified atom stereocenters. The molecule has 3 saturated heterocycles. The van der Waals surface area contributed by atoms with E-state index >= 15 is 0 Å². The van der Waals surface area contributed by atoms with Gasteiger partial charge >= 0.3 is 0 Å². The smallest absolute Gasteiger partial charge is 0.247 e. The Labute approximate surface area is 224 Å². The fourth-order valence-electron chi connectivity index (χ4n) is 8.66. The van der Waals surface area contributed by atoms with Crippen LogP contribution < -0.4 is 10.6 Å². The fourth-order valence-corrected chi connectivity index (χ4v) is 8.66. The number of anilines is 2. The first-order chi connectivity index (χ1) is 18.1. The summed E-state index contributed by atoms with van der Waals surface area (Å²) in [4.78, 5) is 33.0. The molecule has 7 rings (SSSR count). The zero-order valence-corrected chi connectivity index (χ0v) is 22.6. The van der Waals surface area contributed by atoms with Crippen molar-refractivity contribution >= 4 is 23.2 Å². The number of piperazine rings is 1. The Kier molecular flexibility index (Phi) is 4.40. The van der Waals surface area contributed by atoms with Crippen molar-refractivity contribution in [1.82, 2.24) is 9.80 Å². The average Bonchev–Trinajstić information content (AvgIpc) is 3.62. The predicted molar refractivity (Wildman–Crippen MR) is 150 cm³/mol. The van der Waals surface area contributed by atoms with Crippen LogP contribution in [0.15, 0.2) is 73.8 Å². The van der Waals surface area contributed by atoms with Crippen molar-refractivity contribution in [2.45, 2.75) is 75.8 Å². The zero-order chi connectivity index (χ0) is 26.8. The molecule has 6 atom stereocenters. The van der Waals surface area contributed by atoms with E-state index in [4.69, 9.17) is 0 Å². The first-order valence-electron chi connectivity index (χ1n) is 13.7. The van der Waals surface area contributed by atoms with E-state index in [1.165, 1.54) is 11.1 Å². The Morgan fingerprint density at radius 2 is 1.11 bits per heavy atom. The lowest BCUT2D eigenvalue weighted by Gasteiger charge is -2.45. The lowest BCUT2D eigenvalue weighted by Crippen LogP contribution is -2.66. The largest absolute Gasteiger partial charge is 0.364 e. The van der Waals surface area contributed by atoms with E-state index in [2.05, 4.69) is 75.8 Å². The molecule has 5 heterocycles.